The van der Waals surface area contributed by atoms with Gasteiger partial charge in [-0.25, -0.2) is 0 Å². The van der Waals surface area contributed by atoms with E-state index in [0.717, 1.165) is 28.1 Å². The zero-order chi connectivity index (χ0) is 30.2. The summed E-state index contributed by atoms with van der Waals surface area (Å²) in [5.74, 6) is -0.228. The van der Waals surface area contributed by atoms with E-state index in [0.29, 0.717) is 12.0 Å². The molecule has 0 unspecified atom stereocenters. The molecular formula is C39H35FIrN2Si-2. The van der Waals surface area contributed by atoms with E-state index in [1.807, 2.05) is 60.7 Å². The summed E-state index contributed by atoms with van der Waals surface area (Å²) in [5.41, 5.74) is 9.21. The molecule has 0 amide bonds. The fraction of sp³-hybridized carbons (Fsp3) is 0.128. The number of halogens is 1. The summed E-state index contributed by atoms with van der Waals surface area (Å²) in [6.45, 7) is 9.19. The Morgan fingerprint density at radius 2 is 1.39 bits per heavy atom. The molecule has 0 fully saturated rings. The first-order valence-corrected chi connectivity index (χ1v) is 18.0. The van der Waals surface area contributed by atoms with E-state index in [1.54, 1.807) is 6.20 Å². The largest absolute Gasteiger partial charge is 0.305 e. The molecule has 0 saturated carbocycles. The van der Waals surface area contributed by atoms with Crippen LogP contribution in [-0.4, -0.2) is 18.0 Å². The van der Waals surface area contributed by atoms with Gasteiger partial charge in [-0.05, 0) is 45.8 Å². The summed E-state index contributed by atoms with van der Waals surface area (Å²) in [5, 5.41) is 1.40. The first-order valence-electron chi connectivity index (χ1n) is 14.5. The molecule has 0 spiro atoms. The molecule has 2 aromatic heterocycles. The van der Waals surface area contributed by atoms with E-state index in [9.17, 15) is 4.39 Å². The molecule has 0 saturated heterocycles. The van der Waals surface area contributed by atoms with Crippen molar-refractivity contribution in [1.29, 1.82) is 0 Å². The van der Waals surface area contributed by atoms with Crippen LogP contribution in [0.25, 0.3) is 33.6 Å². The van der Waals surface area contributed by atoms with Crippen molar-refractivity contribution in [3.63, 3.8) is 0 Å². The molecule has 0 aliphatic carbocycles. The van der Waals surface area contributed by atoms with E-state index >= 15 is 0 Å². The van der Waals surface area contributed by atoms with Gasteiger partial charge in [-0.2, -0.15) is 0 Å². The van der Waals surface area contributed by atoms with Crippen molar-refractivity contribution in [2.75, 3.05) is 0 Å². The zero-order valence-electron chi connectivity index (χ0n) is 25.4. The van der Waals surface area contributed by atoms with Crippen molar-refractivity contribution in [3.05, 3.63) is 162 Å². The molecule has 6 aromatic rings. The van der Waals surface area contributed by atoms with Gasteiger partial charge in [-0.3, -0.25) is 4.39 Å². The van der Waals surface area contributed by atoms with Gasteiger partial charge in [0.15, 0.2) is 0 Å². The minimum absolute atomic E-state index is 0. The Bertz CT molecular complexity index is 1770. The first kappa shape index (κ1) is 32.9. The fourth-order valence-electron chi connectivity index (χ4n) is 4.86. The predicted octanol–water partition coefficient (Wildman–Crippen LogP) is 9.35. The maximum atomic E-state index is 13.9. The third kappa shape index (κ3) is 8.54. The second-order valence-electron chi connectivity index (χ2n) is 11.6. The van der Waals surface area contributed by atoms with Gasteiger partial charge in [-0.1, -0.05) is 111 Å². The van der Waals surface area contributed by atoms with Crippen molar-refractivity contribution >= 4 is 13.3 Å². The monoisotopic (exact) mass is 771 g/mol. The van der Waals surface area contributed by atoms with E-state index < -0.39 is 8.07 Å². The van der Waals surface area contributed by atoms with E-state index in [2.05, 4.69) is 98.4 Å². The number of hydrogen-bond acceptors (Lipinski definition) is 2. The van der Waals surface area contributed by atoms with Gasteiger partial charge >= 0.3 is 0 Å². The number of hydrogen-bond donors (Lipinski definition) is 0. The zero-order valence-corrected chi connectivity index (χ0v) is 28.8. The third-order valence-electron chi connectivity index (χ3n) is 7.20. The molecule has 44 heavy (non-hydrogen) atoms. The standard InChI is InChI=1S/C21H22NSi.C18H13FN.Ir/c1-16-10-12-18(13-11-16)20-14-19(17-8-6-5-7-9-17)21(15-22-20)23(2,3)4;19-17-10-9-15(18-8-4-5-11-20-18)13-16(17)12-14-6-2-1-3-7-14;/h5-12,14-15H,1-4H3;1-8,10-11,13H,12H2;/q2*-1;. The number of rotatable bonds is 6. The van der Waals surface area contributed by atoms with Crippen LogP contribution in [0.4, 0.5) is 4.39 Å². The van der Waals surface area contributed by atoms with Crippen LogP contribution in [0, 0.1) is 24.9 Å². The molecule has 6 rings (SSSR count). The van der Waals surface area contributed by atoms with Crippen molar-refractivity contribution in [2.24, 2.45) is 0 Å². The van der Waals surface area contributed by atoms with Gasteiger partial charge in [0.25, 0.3) is 0 Å². The molecule has 5 heteroatoms. The van der Waals surface area contributed by atoms with Crippen molar-refractivity contribution in [3.8, 4) is 33.6 Å². The van der Waals surface area contributed by atoms with E-state index in [-0.39, 0.29) is 25.9 Å². The summed E-state index contributed by atoms with van der Waals surface area (Å²) in [4.78, 5) is 9.01. The summed E-state index contributed by atoms with van der Waals surface area (Å²) in [6, 6.07) is 44.1. The quantitative estimate of drug-likeness (QED) is 0.125. The molecule has 2 heterocycles. The Morgan fingerprint density at radius 1 is 0.705 bits per heavy atom. The predicted molar refractivity (Wildman–Crippen MR) is 179 cm³/mol. The summed E-state index contributed by atoms with van der Waals surface area (Å²) in [6.07, 6.45) is 4.38. The van der Waals surface area contributed by atoms with Crippen LogP contribution < -0.4 is 5.19 Å². The maximum absolute atomic E-state index is 13.9. The van der Waals surface area contributed by atoms with Gasteiger partial charge in [0.2, 0.25) is 0 Å². The van der Waals surface area contributed by atoms with Gasteiger partial charge in [0.05, 0.1) is 8.07 Å². The molecule has 1 radical (unpaired) electrons. The number of pyridine rings is 2. The normalized spacial score (nSPS) is 10.8. The molecule has 4 aromatic carbocycles. The molecule has 0 aliphatic rings. The number of aromatic nitrogens is 2. The molecule has 0 bridgehead atoms. The van der Waals surface area contributed by atoms with Gasteiger partial charge < -0.3 is 9.97 Å². The van der Waals surface area contributed by atoms with Crippen LogP contribution in [0.15, 0.2) is 128 Å². The molecule has 2 nitrogen and oxygen atoms in total. The number of nitrogens with zero attached hydrogens (tertiary/aromatic N) is 2. The van der Waals surface area contributed by atoms with Gasteiger partial charge in [0.1, 0.15) is 0 Å². The average Bonchev–Trinajstić information content (AvgIpc) is 3.03. The number of benzene rings is 4. The molecule has 0 atom stereocenters. The van der Waals surface area contributed by atoms with E-state index in [4.69, 9.17) is 4.98 Å². The van der Waals surface area contributed by atoms with Crippen LogP contribution in [0.3, 0.4) is 0 Å². The molecular weight excluding hydrogens is 736 g/mol. The average molecular weight is 771 g/mol. The summed E-state index contributed by atoms with van der Waals surface area (Å²) in [7, 11) is -1.47. The Morgan fingerprint density at radius 3 is 2.02 bits per heavy atom. The fourth-order valence-corrected chi connectivity index (χ4v) is 6.34. The van der Waals surface area contributed by atoms with Crippen molar-refractivity contribution in [2.45, 2.75) is 33.0 Å². The van der Waals surface area contributed by atoms with Crippen molar-refractivity contribution in [1.82, 2.24) is 9.97 Å². The topological polar surface area (TPSA) is 25.8 Å². The third-order valence-corrected chi connectivity index (χ3v) is 9.21. The second kappa shape index (κ2) is 15.1. The molecule has 223 valence electrons. The first-order chi connectivity index (χ1) is 20.8. The Kier molecular flexibility index (Phi) is 11.3. The maximum Gasteiger partial charge on any atom is 0.0803 e. The Balaban J connectivity index is 0.000000198. The molecule has 0 aliphatic heterocycles. The van der Waals surface area contributed by atoms with Crippen molar-refractivity contribution < 1.29 is 24.5 Å². The number of aryl methyl sites for hydroxylation is 1. The summed E-state index contributed by atoms with van der Waals surface area (Å²) < 4.78 is 13.9. The SMILES string of the molecule is Cc1c[c-]c(-c2cc(-c3ccccc3)c([Si](C)(C)C)cn2)cc1.Fc1c[c-]c(-c2ccccn2)cc1Cc1ccccc1.[Ir]. The smallest absolute Gasteiger partial charge is 0.0803 e. The minimum atomic E-state index is -1.47. The second-order valence-corrected chi connectivity index (χ2v) is 16.6. The van der Waals surface area contributed by atoms with Gasteiger partial charge in [0, 0.05) is 38.3 Å². The van der Waals surface area contributed by atoms with Crippen LogP contribution >= 0.6 is 0 Å². The minimum Gasteiger partial charge on any atom is -0.305 e. The van der Waals surface area contributed by atoms with Crippen LogP contribution in [0.2, 0.25) is 19.6 Å². The molecule has 0 N–H and O–H groups in total. The Hall–Kier alpha value is -4.02. The van der Waals surface area contributed by atoms with Gasteiger partial charge in [-0.15, -0.1) is 59.2 Å². The van der Waals surface area contributed by atoms with Crippen LogP contribution in [0.1, 0.15) is 16.7 Å². The van der Waals surface area contributed by atoms with Crippen LogP contribution in [0.5, 0.6) is 0 Å². The Labute approximate surface area is 275 Å². The van der Waals surface area contributed by atoms with Crippen LogP contribution in [-0.2, 0) is 26.5 Å². The summed E-state index contributed by atoms with van der Waals surface area (Å²) >= 11 is 0. The van der Waals surface area contributed by atoms with E-state index in [1.165, 1.54) is 27.9 Å².